The van der Waals surface area contributed by atoms with Gasteiger partial charge >= 0.3 is 0 Å². The second-order valence-corrected chi connectivity index (χ2v) is 6.09. The number of nitrogens with zero attached hydrogens (tertiary/aromatic N) is 5. The van der Waals surface area contributed by atoms with Crippen LogP contribution in [0.3, 0.4) is 0 Å². The molecule has 0 radical (unpaired) electrons. The molecule has 1 fully saturated rings. The topological polar surface area (TPSA) is 97.2 Å². The van der Waals surface area contributed by atoms with Crippen LogP contribution in [0.4, 0.5) is 17.1 Å². The van der Waals surface area contributed by atoms with E-state index < -0.39 is 4.92 Å². The molecule has 0 atom stereocenters. The molecule has 3 rings (SSSR count). The molecule has 0 N–H and O–H groups in total. The summed E-state index contributed by atoms with van der Waals surface area (Å²) in [7, 11) is 0. The van der Waals surface area contributed by atoms with Crippen LogP contribution in [-0.4, -0.2) is 31.1 Å². The molecule has 7 nitrogen and oxygen atoms in total. The van der Waals surface area contributed by atoms with Crippen LogP contribution in [0, 0.1) is 32.8 Å². The van der Waals surface area contributed by atoms with E-state index in [1.165, 1.54) is 18.2 Å². The van der Waals surface area contributed by atoms with E-state index in [4.69, 9.17) is 10.5 Å². The molecule has 27 heavy (non-hydrogen) atoms. The Bertz CT molecular complexity index is 933. The lowest BCUT2D eigenvalue weighted by atomic mass is 10.1. The molecule has 1 heterocycles. The van der Waals surface area contributed by atoms with E-state index in [1.807, 2.05) is 30.3 Å². The van der Waals surface area contributed by atoms with Crippen LogP contribution in [0.1, 0.15) is 5.56 Å². The molecule has 1 aliphatic heterocycles. The molecule has 2 aromatic rings. The van der Waals surface area contributed by atoms with Gasteiger partial charge in [0.15, 0.2) is 0 Å². The second kappa shape index (κ2) is 8.03. The fourth-order valence-corrected chi connectivity index (χ4v) is 3.15. The Balaban J connectivity index is 1.86. The Morgan fingerprint density at radius 2 is 1.63 bits per heavy atom. The maximum Gasteiger partial charge on any atom is 0.270 e. The third-order valence-electron chi connectivity index (χ3n) is 4.50. The van der Waals surface area contributed by atoms with E-state index in [0.717, 1.165) is 37.6 Å². The smallest absolute Gasteiger partial charge is 0.270 e. The van der Waals surface area contributed by atoms with Gasteiger partial charge in [-0.25, -0.2) is 0 Å². The number of anilines is 2. The maximum atomic E-state index is 11.1. The summed E-state index contributed by atoms with van der Waals surface area (Å²) in [5.41, 5.74) is 2.31. The minimum Gasteiger partial charge on any atom is -0.368 e. The van der Waals surface area contributed by atoms with Crippen molar-refractivity contribution in [1.82, 2.24) is 0 Å². The summed E-state index contributed by atoms with van der Waals surface area (Å²) in [5, 5.41) is 29.2. The predicted molar refractivity (Wildman–Crippen MR) is 103 cm³/mol. The molecule has 1 aliphatic rings. The molecule has 0 spiro atoms. The third kappa shape index (κ3) is 4.05. The summed E-state index contributed by atoms with van der Waals surface area (Å²) in [4.78, 5) is 15.0. The van der Waals surface area contributed by atoms with Gasteiger partial charge in [0.25, 0.3) is 5.69 Å². The molecule has 7 heteroatoms. The monoisotopic (exact) mass is 359 g/mol. The number of hydrogen-bond acceptors (Lipinski definition) is 6. The number of para-hydroxylation sites is 1. The molecule has 0 aromatic heterocycles. The molecule has 0 saturated carbocycles. The zero-order valence-electron chi connectivity index (χ0n) is 14.6. The molecule has 134 valence electrons. The van der Waals surface area contributed by atoms with E-state index in [2.05, 4.69) is 21.9 Å². The highest BCUT2D eigenvalue weighted by atomic mass is 16.6. The molecule has 0 unspecified atom stereocenters. The summed E-state index contributed by atoms with van der Waals surface area (Å²) in [6.45, 7) is 3.10. The second-order valence-electron chi connectivity index (χ2n) is 6.09. The minimum absolute atomic E-state index is 0.0665. The van der Waals surface area contributed by atoms with Crippen molar-refractivity contribution in [3.8, 4) is 12.1 Å². The quantitative estimate of drug-likeness (QED) is 0.472. The van der Waals surface area contributed by atoms with Crippen LogP contribution in [0.5, 0.6) is 0 Å². The molecule has 0 bridgehead atoms. The minimum atomic E-state index is -0.479. The number of nitro groups is 1. The Morgan fingerprint density at radius 3 is 2.22 bits per heavy atom. The lowest BCUT2D eigenvalue weighted by Gasteiger charge is -2.38. The number of nitro benzene ring substituents is 1. The standard InChI is InChI=1S/C20H17N5O2/c21-14-16(15-22)12-17-13-19(25(26)27)6-7-20(17)24-10-8-23(9-11-24)18-4-2-1-3-5-18/h1-7,12-13H,8-11H2. The first-order valence-corrected chi connectivity index (χ1v) is 8.47. The van der Waals surface area contributed by atoms with E-state index >= 15 is 0 Å². The Labute approximate surface area is 157 Å². The van der Waals surface area contributed by atoms with Crippen molar-refractivity contribution in [2.24, 2.45) is 0 Å². The van der Waals surface area contributed by atoms with Crippen molar-refractivity contribution in [3.63, 3.8) is 0 Å². The van der Waals surface area contributed by atoms with Crippen molar-refractivity contribution >= 4 is 23.1 Å². The number of hydrogen-bond donors (Lipinski definition) is 0. The Kier molecular flexibility index (Phi) is 5.34. The zero-order valence-corrected chi connectivity index (χ0v) is 14.6. The summed E-state index contributed by atoms with van der Waals surface area (Å²) in [6, 6.07) is 18.3. The fraction of sp³-hybridized carbons (Fsp3) is 0.200. The molecule has 0 amide bonds. The summed E-state index contributed by atoms with van der Waals surface area (Å²) in [5.74, 6) is 0. The zero-order chi connectivity index (χ0) is 19.2. The lowest BCUT2D eigenvalue weighted by molar-refractivity contribution is -0.384. The molecule has 1 saturated heterocycles. The first-order chi connectivity index (χ1) is 13.1. The molecule has 0 aliphatic carbocycles. The fourth-order valence-electron chi connectivity index (χ4n) is 3.15. The normalized spacial score (nSPS) is 13.4. The number of nitriles is 2. The molecular weight excluding hydrogens is 342 g/mol. The number of rotatable bonds is 4. The summed E-state index contributed by atoms with van der Waals surface area (Å²) >= 11 is 0. The van der Waals surface area contributed by atoms with Gasteiger partial charge in [-0.15, -0.1) is 0 Å². The van der Waals surface area contributed by atoms with E-state index in [1.54, 1.807) is 6.07 Å². The Hall–Kier alpha value is -3.84. The van der Waals surface area contributed by atoms with Crippen LogP contribution >= 0.6 is 0 Å². The first kappa shape index (κ1) is 18.0. The molecule has 2 aromatic carbocycles. The number of non-ortho nitro benzene ring substituents is 1. The van der Waals surface area contributed by atoms with E-state index in [0.29, 0.717) is 5.56 Å². The summed E-state index contributed by atoms with van der Waals surface area (Å²) in [6.07, 6.45) is 1.41. The number of allylic oxidation sites excluding steroid dienone is 1. The van der Waals surface area contributed by atoms with Gasteiger partial charge in [-0.1, -0.05) is 18.2 Å². The van der Waals surface area contributed by atoms with Crippen LogP contribution in [0.2, 0.25) is 0 Å². The Morgan fingerprint density at radius 1 is 1.00 bits per heavy atom. The van der Waals surface area contributed by atoms with E-state index in [-0.39, 0.29) is 11.3 Å². The highest BCUT2D eigenvalue weighted by Crippen LogP contribution is 2.29. The van der Waals surface area contributed by atoms with Gasteiger partial charge in [-0.05, 0) is 24.3 Å². The average molecular weight is 359 g/mol. The van der Waals surface area contributed by atoms with Gasteiger partial charge in [0.1, 0.15) is 17.7 Å². The van der Waals surface area contributed by atoms with Crippen molar-refractivity contribution in [1.29, 1.82) is 10.5 Å². The van der Waals surface area contributed by atoms with Crippen molar-refractivity contribution in [2.45, 2.75) is 0 Å². The van der Waals surface area contributed by atoms with Crippen molar-refractivity contribution in [2.75, 3.05) is 36.0 Å². The van der Waals surface area contributed by atoms with Crippen molar-refractivity contribution in [3.05, 3.63) is 69.8 Å². The number of benzene rings is 2. The van der Waals surface area contributed by atoms with Gasteiger partial charge in [0, 0.05) is 55.2 Å². The van der Waals surface area contributed by atoms with Crippen LogP contribution in [-0.2, 0) is 0 Å². The van der Waals surface area contributed by atoms with Crippen LogP contribution in [0.25, 0.3) is 6.08 Å². The highest BCUT2D eigenvalue weighted by molar-refractivity contribution is 5.75. The largest absolute Gasteiger partial charge is 0.368 e. The predicted octanol–water partition coefficient (Wildman–Crippen LogP) is 3.35. The number of piperazine rings is 1. The van der Waals surface area contributed by atoms with Crippen LogP contribution in [0.15, 0.2) is 54.1 Å². The van der Waals surface area contributed by atoms with Gasteiger partial charge < -0.3 is 9.80 Å². The van der Waals surface area contributed by atoms with Gasteiger partial charge in [-0.3, -0.25) is 10.1 Å². The van der Waals surface area contributed by atoms with Gasteiger partial charge in [-0.2, -0.15) is 10.5 Å². The van der Waals surface area contributed by atoms with E-state index in [9.17, 15) is 10.1 Å². The van der Waals surface area contributed by atoms with Gasteiger partial charge in [0.05, 0.1) is 4.92 Å². The van der Waals surface area contributed by atoms with Gasteiger partial charge in [0.2, 0.25) is 0 Å². The highest BCUT2D eigenvalue weighted by Gasteiger charge is 2.21. The SMILES string of the molecule is N#CC(C#N)=Cc1cc([N+](=O)[O-])ccc1N1CCN(c2ccccc2)CC1. The third-order valence-corrected chi connectivity index (χ3v) is 4.50. The summed E-state index contributed by atoms with van der Waals surface area (Å²) < 4.78 is 0. The van der Waals surface area contributed by atoms with Crippen LogP contribution < -0.4 is 9.80 Å². The first-order valence-electron chi connectivity index (χ1n) is 8.47. The van der Waals surface area contributed by atoms with Crippen molar-refractivity contribution < 1.29 is 4.92 Å². The lowest BCUT2D eigenvalue weighted by Crippen LogP contribution is -2.46. The average Bonchev–Trinajstić information content (AvgIpc) is 2.72. The molecular formula is C20H17N5O2. The maximum absolute atomic E-state index is 11.1.